The van der Waals surface area contributed by atoms with Crippen LogP contribution in [0, 0.1) is 0 Å². The maximum absolute atomic E-state index is 10.6. The third-order valence-electron chi connectivity index (χ3n) is 6.80. The minimum absolute atomic E-state index is 0.312. The number of hydrogen-bond acceptors (Lipinski definition) is 8. The molecule has 2 unspecified atom stereocenters. The SMILES string of the molecule is CC(c1ccc2c(c1)OCO2)N1CCN(c2nc(C(O)NC3CCCCC3)cs2)CC1. The van der Waals surface area contributed by atoms with E-state index >= 15 is 0 Å². The van der Waals surface area contributed by atoms with Gasteiger partial charge in [0, 0.05) is 43.6 Å². The van der Waals surface area contributed by atoms with Gasteiger partial charge in [0.05, 0.1) is 5.69 Å². The van der Waals surface area contributed by atoms with E-state index in [1.165, 1.54) is 24.8 Å². The predicted molar refractivity (Wildman–Crippen MR) is 122 cm³/mol. The van der Waals surface area contributed by atoms with Gasteiger partial charge in [0.2, 0.25) is 6.79 Å². The monoisotopic (exact) mass is 444 g/mol. The molecule has 7 nitrogen and oxygen atoms in total. The van der Waals surface area contributed by atoms with Crippen LogP contribution < -0.4 is 19.7 Å². The second kappa shape index (κ2) is 9.32. The van der Waals surface area contributed by atoms with Crippen molar-refractivity contribution >= 4 is 16.5 Å². The molecule has 8 heteroatoms. The first-order valence-electron chi connectivity index (χ1n) is 11.5. The van der Waals surface area contributed by atoms with Crippen molar-refractivity contribution in [1.29, 1.82) is 0 Å². The highest BCUT2D eigenvalue weighted by atomic mass is 32.1. The summed E-state index contributed by atoms with van der Waals surface area (Å²) in [5.41, 5.74) is 2.01. The minimum atomic E-state index is -0.666. The summed E-state index contributed by atoms with van der Waals surface area (Å²) in [6.45, 7) is 6.40. The number of rotatable bonds is 6. The number of nitrogens with zero attached hydrogens (tertiary/aromatic N) is 3. The van der Waals surface area contributed by atoms with E-state index in [1.54, 1.807) is 11.3 Å². The molecule has 1 aromatic heterocycles. The number of aliphatic hydroxyl groups excluding tert-OH is 1. The van der Waals surface area contributed by atoms with Gasteiger partial charge in [-0.15, -0.1) is 11.3 Å². The van der Waals surface area contributed by atoms with Crippen LogP contribution in [-0.2, 0) is 0 Å². The van der Waals surface area contributed by atoms with Crippen molar-refractivity contribution in [2.24, 2.45) is 0 Å². The van der Waals surface area contributed by atoms with Gasteiger partial charge in [-0.05, 0) is 37.5 Å². The molecule has 1 saturated heterocycles. The third-order valence-corrected chi connectivity index (χ3v) is 7.72. The number of hydrogen-bond donors (Lipinski definition) is 2. The van der Waals surface area contributed by atoms with E-state index in [0.717, 1.165) is 61.3 Å². The van der Waals surface area contributed by atoms with Gasteiger partial charge in [-0.2, -0.15) is 0 Å². The molecule has 0 bridgehead atoms. The lowest BCUT2D eigenvalue weighted by Crippen LogP contribution is -2.47. The van der Waals surface area contributed by atoms with Gasteiger partial charge >= 0.3 is 0 Å². The van der Waals surface area contributed by atoms with E-state index in [9.17, 15) is 5.11 Å². The van der Waals surface area contributed by atoms with Crippen LogP contribution in [0.1, 0.15) is 62.6 Å². The van der Waals surface area contributed by atoms with Crippen LogP contribution in [0.25, 0.3) is 0 Å². The summed E-state index contributed by atoms with van der Waals surface area (Å²) in [6, 6.07) is 6.99. The summed E-state index contributed by atoms with van der Waals surface area (Å²) < 4.78 is 11.0. The quantitative estimate of drug-likeness (QED) is 0.659. The molecule has 0 radical (unpaired) electrons. The zero-order valence-electron chi connectivity index (χ0n) is 18.1. The number of ether oxygens (including phenoxy) is 2. The molecule has 2 N–H and O–H groups in total. The van der Waals surface area contributed by atoms with Gasteiger partial charge in [0.25, 0.3) is 0 Å². The van der Waals surface area contributed by atoms with Crippen molar-refractivity contribution < 1.29 is 14.6 Å². The summed E-state index contributed by atoms with van der Waals surface area (Å²) in [5, 5.41) is 16.9. The number of aromatic nitrogens is 1. The van der Waals surface area contributed by atoms with E-state index < -0.39 is 6.23 Å². The molecule has 3 heterocycles. The normalized spacial score (nSPS) is 21.9. The average molecular weight is 445 g/mol. The van der Waals surface area contributed by atoms with Crippen LogP contribution in [0.2, 0.25) is 0 Å². The highest BCUT2D eigenvalue weighted by Crippen LogP contribution is 2.36. The number of aliphatic hydroxyl groups is 1. The minimum Gasteiger partial charge on any atom is -0.454 e. The Hall–Kier alpha value is -1.87. The summed E-state index contributed by atoms with van der Waals surface area (Å²) in [7, 11) is 0. The molecular weight excluding hydrogens is 412 g/mol. The van der Waals surface area contributed by atoms with Gasteiger partial charge in [0.1, 0.15) is 6.23 Å². The van der Waals surface area contributed by atoms with Crippen molar-refractivity contribution in [3.8, 4) is 11.5 Å². The first kappa shape index (κ1) is 21.0. The number of piperazine rings is 1. The molecule has 1 saturated carbocycles. The van der Waals surface area contributed by atoms with Crippen LogP contribution in [0.3, 0.4) is 0 Å². The molecule has 0 amide bonds. The lowest BCUT2D eigenvalue weighted by molar-refractivity contribution is 0.110. The lowest BCUT2D eigenvalue weighted by Gasteiger charge is -2.38. The predicted octanol–water partition coefficient (Wildman–Crippen LogP) is 3.67. The molecule has 3 aliphatic rings. The largest absolute Gasteiger partial charge is 0.454 e. The summed E-state index contributed by atoms with van der Waals surface area (Å²) >= 11 is 1.63. The van der Waals surface area contributed by atoms with Crippen molar-refractivity contribution in [1.82, 2.24) is 15.2 Å². The van der Waals surface area contributed by atoms with Crippen molar-refractivity contribution in [3.05, 3.63) is 34.8 Å². The Kier molecular flexibility index (Phi) is 6.31. The zero-order chi connectivity index (χ0) is 21.2. The molecule has 2 fully saturated rings. The molecule has 1 aliphatic carbocycles. The Morgan fingerprint density at radius 2 is 1.87 bits per heavy atom. The maximum atomic E-state index is 10.6. The van der Waals surface area contributed by atoms with Gasteiger partial charge in [-0.25, -0.2) is 4.98 Å². The number of benzene rings is 1. The number of nitrogens with one attached hydrogen (secondary N) is 1. The standard InChI is InChI=1S/C23H32N4O3S/c1-16(17-7-8-20-21(13-17)30-15-29-20)26-9-11-27(12-10-26)23-25-19(14-31-23)22(28)24-18-5-3-2-4-6-18/h7-8,13-14,16,18,22,24,28H,2-6,9-12,15H2,1H3. The summed E-state index contributed by atoms with van der Waals surface area (Å²) in [6.07, 6.45) is 5.45. The lowest BCUT2D eigenvalue weighted by atomic mass is 9.95. The molecule has 31 heavy (non-hydrogen) atoms. The van der Waals surface area contributed by atoms with E-state index in [4.69, 9.17) is 14.5 Å². The van der Waals surface area contributed by atoms with Crippen LogP contribution >= 0.6 is 11.3 Å². The van der Waals surface area contributed by atoms with Gasteiger partial charge in [-0.3, -0.25) is 10.2 Å². The molecule has 2 atom stereocenters. The molecule has 1 aromatic carbocycles. The summed E-state index contributed by atoms with van der Waals surface area (Å²) in [4.78, 5) is 9.59. The highest BCUT2D eigenvalue weighted by Gasteiger charge is 2.26. The molecule has 0 spiro atoms. The average Bonchev–Trinajstić information content (AvgIpc) is 3.49. The Morgan fingerprint density at radius 3 is 2.68 bits per heavy atom. The van der Waals surface area contributed by atoms with Gasteiger partial charge in [-0.1, -0.05) is 25.3 Å². The Bertz CT molecular complexity index is 877. The fraction of sp³-hybridized carbons (Fsp3) is 0.609. The smallest absolute Gasteiger partial charge is 0.231 e. The van der Waals surface area contributed by atoms with E-state index in [1.807, 2.05) is 11.4 Å². The van der Waals surface area contributed by atoms with Crippen molar-refractivity contribution in [2.45, 2.75) is 57.3 Å². The van der Waals surface area contributed by atoms with Crippen LogP contribution in [0.4, 0.5) is 5.13 Å². The molecule has 168 valence electrons. The van der Waals surface area contributed by atoms with E-state index in [0.29, 0.717) is 18.9 Å². The first-order chi connectivity index (χ1) is 15.2. The second-order valence-electron chi connectivity index (χ2n) is 8.77. The zero-order valence-corrected chi connectivity index (χ0v) is 18.9. The Morgan fingerprint density at radius 1 is 1.10 bits per heavy atom. The Labute approximate surface area is 188 Å². The number of anilines is 1. The highest BCUT2D eigenvalue weighted by molar-refractivity contribution is 7.13. The van der Waals surface area contributed by atoms with E-state index in [2.05, 4.69) is 34.2 Å². The molecular formula is C23H32N4O3S. The molecule has 2 aromatic rings. The van der Waals surface area contributed by atoms with Gasteiger partial charge < -0.3 is 19.5 Å². The van der Waals surface area contributed by atoms with E-state index in [-0.39, 0.29) is 0 Å². The number of thiazole rings is 1. The van der Waals surface area contributed by atoms with Crippen molar-refractivity contribution in [3.63, 3.8) is 0 Å². The van der Waals surface area contributed by atoms with Gasteiger partial charge in [0.15, 0.2) is 16.6 Å². The second-order valence-corrected chi connectivity index (χ2v) is 9.61. The maximum Gasteiger partial charge on any atom is 0.231 e. The molecule has 2 aliphatic heterocycles. The van der Waals surface area contributed by atoms with Crippen LogP contribution in [0.15, 0.2) is 23.6 Å². The summed E-state index contributed by atoms with van der Waals surface area (Å²) in [5.74, 6) is 1.68. The van der Waals surface area contributed by atoms with Crippen molar-refractivity contribution in [2.75, 3.05) is 37.9 Å². The fourth-order valence-electron chi connectivity index (χ4n) is 4.81. The third kappa shape index (κ3) is 4.67. The fourth-order valence-corrected chi connectivity index (χ4v) is 5.71. The number of fused-ring (bicyclic) bond motifs is 1. The van der Waals surface area contributed by atoms with Crippen LogP contribution in [-0.4, -0.2) is 54.0 Å². The topological polar surface area (TPSA) is 70.1 Å². The van der Waals surface area contributed by atoms with Crippen LogP contribution in [0.5, 0.6) is 11.5 Å². The first-order valence-corrected chi connectivity index (χ1v) is 12.3. The Balaban J connectivity index is 1.15. The molecule has 5 rings (SSSR count).